The number of thioether (sulfide) groups is 1. The van der Waals surface area contributed by atoms with Crippen molar-refractivity contribution in [1.82, 2.24) is 0 Å². The Kier molecular flexibility index (Phi) is 4.71. The lowest BCUT2D eigenvalue weighted by Crippen LogP contribution is -2.33. The highest BCUT2D eigenvalue weighted by Crippen LogP contribution is 2.17. The molecule has 0 bridgehead atoms. The summed E-state index contributed by atoms with van der Waals surface area (Å²) in [6.07, 6.45) is 1.66. The number of nitrogens with two attached hydrogens (primary N) is 1. The van der Waals surface area contributed by atoms with Crippen molar-refractivity contribution in [3.8, 4) is 0 Å². The van der Waals surface area contributed by atoms with Crippen molar-refractivity contribution < 1.29 is 13.9 Å². The summed E-state index contributed by atoms with van der Waals surface area (Å²) in [7, 11) is 1.34. The maximum atomic E-state index is 11.0. The van der Waals surface area contributed by atoms with Crippen molar-refractivity contribution >= 4 is 17.7 Å². The lowest BCUT2D eigenvalue weighted by molar-refractivity contribution is -0.141. The summed E-state index contributed by atoms with van der Waals surface area (Å²) >= 11 is 1.56. The summed E-state index contributed by atoms with van der Waals surface area (Å²) < 4.78 is 9.78. The Bertz CT molecular complexity index is 324. The number of carbonyl (C=O) groups excluding carboxylic acids is 1. The molecule has 4 nitrogen and oxygen atoms in total. The van der Waals surface area contributed by atoms with Crippen LogP contribution in [0.4, 0.5) is 0 Å². The minimum absolute atomic E-state index is 0.376. The van der Waals surface area contributed by atoms with Gasteiger partial charge in [-0.2, -0.15) is 11.8 Å². The number of ether oxygens (including phenoxy) is 1. The van der Waals surface area contributed by atoms with Gasteiger partial charge in [0.05, 0.1) is 19.1 Å². The lowest BCUT2D eigenvalue weighted by atomic mass is 10.3. The largest absolute Gasteiger partial charge is 0.468 e. The minimum Gasteiger partial charge on any atom is -0.468 e. The SMILES string of the molecule is COC(=O)C(N)CSCc1occc1C. The molecule has 1 rings (SSSR count). The van der Waals surface area contributed by atoms with Crippen LogP contribution in [0.25, 0.3) is 0 Å². The maximum Gasteiger partial charge on any atom is 0.323 e. The van der Waals surface area contributed by atoms with Gasteiger partial charge in [0.2, 0.25) is 0 Å². The molecule has 0 aliphatic rings. The summed E-state index contributed by atoms with van der Waals surface area (Å²) in [5, 5.41) is 0. The molecule has 15 heavy (non-hydrogen) atoms. The molecule has 1 heterocycles. The van der Waals surface area contributed by atoms with Crippen LogP contribution in [0, 0.1) is 6.92 Å². The number of furan rings is 1. The molecule has 1 atom stereocenters. The first kappa shape index (κ1) is 12.1. The summed E-state index contributed by atoms with van der Waals surface area (Å²) in [6, 6.07) is 1.35. The Hall–Kier alpha value is -0.940. The molecule has 0 radical (unpaired) electrons. The fraction of sp³-hybridized carbons (Fsp3) is 0.500. The maximum absolute atomic E-state index is 11.0. The van der Waals surface area contributed by atoms with Gasteiger partial charge in [-0.15, -0.1) is 0 Å². The van der Waals surface area contributed by atoms with Crippen LogP contribution in [0.2, 0.25) is 0 Å². The molecule has 0 fully saturated rings. The first-order valence-electron chi connectivity index (χ1n) is 4.59. The normalized spacial score (nSPS) is 12.5. The fourth-order valence-electron chi connectivity index (χ4n) is 1.05. The molecular weight excluding hydrogens is 214 g/mol. The molecule has 84 valence electrons. The summed E-state index contributed by atoms with van der Waals surface area (Å²) in [6.45, 7) is 1.99. The number of carbonyl (C=O) groups is 1. The van der Waals surface area contributed by atoms with Crippen LogP contribution in [0.1, 0.15) is 11.3 Å². The quantitative estimate of drug-likeness (QED) is 0.771. The predicted molar refractivity (Wildman–Crippen MR) is 59.6 cm³/mol. The van der Waals surface area contributed by atoms with Crippen LogP contribution in [-0.4, -0.2) is 24.9 Å². The number of hydrogen-bond donors (Lipinski definition) is 1. The second-order valence-corrected chi connectivity index (χ2v) is 4.20. The van der Waals surface area contributed by atoms with E-state index in [9.17, 15) is 4.79 Å². The van der Waals surface area contributed by atoms with Crippen LogP contribution < -0.4 is 5.73 Å². The third-order valence-electron chi connectivity index (χ3n) is 2.00. The molecule has 1 unspecified atom stereocenters. The van der Waals surface area contributed by atoms with E-state index in [2.05, 4.69) is 4.74 Å². The standard InChI is InChI=1S/C10H15NO3S/c1-7-3-4-14-9(7)6-15-5-8(11)10(12)13-2/h3-4,8H,5-6,11H2,1-2H3. The highest BCUT2D eigenvalue weighted by atomic mass is 32.2. The van der Waals surface area contributed by atoms with Gasteiger partial charge in [-0.05, 0) is 18.6 Å². The van der Waals surface area contributed by atoms with E-state index < -0.39 is 6.04 Å². The topological polar surface area (TPSA) is 65.5 Å². The van der Waals surface area contributed by atoms with Gasteiger partial charge in [-0.25, -0.2) is 0 Å². The zero-order chi connectivity index (χ0) is 11.3. The van der Waals surface area contributed by atoms with Gasteiger partial charge in [0.15, 0.2) is 0 Å². The second-order valence-electron chi connectivity index (χ2n) is 3.17. The Labute approximate surface area is 93.2 Å². The third-order valence-corrected chi connectivity index (χ3v) is 3.06. The average Bonchev–Trinajstić information content (AvgIpc) is 2.63. The summed E-state index contributed by atoms with van der Waals surface area (Å²) in [5.74, 6) is 1.81. The van der Waals surface area contributed by atoms with Gasteiger partial charge in [0.1, 0.15) is 11.8 Å². The molecule has 1 aromatic rings. The number of aryl methyl sites for hydroxylation is 1. The number of hydrogen-bond acceptors (Lipinski definition) is 5. The van der Waals surface area contributed by atoms with Gasteiger partial charge >= 0.3 is 5.97 Å². The first-order valence-corrected chi connectivity index (χ1v) is 5.74. The molecule has 0 spiro atoms. The Balaban J connectivity index is 2.28. The van der Waals surface area contributed by atoms with Gasteiger partial charge in [0.25, 0.3) is 0 Å². The van der Waals surface area contributed by atoms with Crippen LogP contribution in [0.5, 0.6) is 0 Å². The zero-order valence-electron chi connectivity index (χ0n) is 8.86. The molecule has 0 aliphatic heterocycles. The van der Waals surface area contributed by atoms with Crippen LogP contribution in [-0.2, 0) is 15.3 Å². The molecule has 0 amide bonds. The molecule has 0 saturated heterocycles. The predicted octanol–water partition coefficient (Wildman–Crippen LogP) is 1.32. The van der Waals surface area contributed by atoms with Crippen LogP contribution >= 0.6 is 11.8 Å². The molecule has 2 N–H and O–H groups in total. The van der Waals surface area contributed by atoms with Gasteiger partial charge in [0, 0.05) is 5.75 Å². The Morgan fingerprint density at radius 1 is 1.73 bits per heavy atom. The van der Waals surface area contributed by atoms with E-state index in [0.29, 0.717) is 5.75 Å². The molecule has 0 saturated carbocycles. The van der Waals surface area contributed by atoms with Crippen molar-refractivity contribution in [1.29, 1.82) is 0 Å². The molecule has 0 aliphatic carbocycles. The van der Waals surface area contributed by atoms with Gasteiger partial charge < -0.3 is 14.9 Å². The van der Waals surface area contributed by atoms with Crippen molar-refractivity contribution in [2.75, 3.05) is 12.9 Å². The van der Waals surface area contributed by atoms with Crippen LogP contribution in [0.3, 0.4) is 0 Å². The minimum atomic E-state index is -0.560. The number of rotatable bonds is 5. The number of methoxy groups -OCH3 is 1. The summed E-state index contributed by atoms with van der Waals surface area (Å²) in [4.78, 5) is 11.0. The fourth-order valence-corrected chi connectivity index (χ4v) is 2.04. The van der Waals surface area contributed by atoms with E-state index in [-0.39, 0.29) is 5.97 Å². The molecule has 5 heteroatoms. The summed E-state index contributed by atoms with van der Waals surface area (Å²) in [5.41, 5.74) is 6.70. The molecule has 1 aromatic heterocycles. The number of esters is 1. The molecule has 0 aromatic carbocycles. The first-order chi connectivity index (χ1) is 7.15. The van der Waals surface area contributed by atoms with Crippen molar-refractivity contribution in [2.24, 2.45) is 5.73 Å². The van der Waals surface area contributed by atoms with Crippen molar-refractivity contribution in [2.45, 2.75) is 18.7 Å². The van der Waals surface area contributed by atoms with Gasteiger partial charge in [-0.1, -0.05) is 0 Å². The van der Waals surface area contributed by atoms with Crippen molar-refractivity contribution in [3.05, 3.63) is 23.7 Å². The molecular formula is C10H15NO3S. The lowest BCUT2D eigenvalue weighted by Gasteiger charge is -2.07. The average molecular weight is 229 g/mol. The Morgan fingerprint density at radius 3 is 3.00 bits per heavy atom. The zero-order valence-corrected chi connectivity index (χ0v) is 9.67. The second kappa shape index (κ2) is 5.82. The van der Waals surface area contributed by atoms with E-state index in [0.717, 1.165) is 17.1 Å². The van der Waals surface area contributed by atoms with Gasteiger partial charge in [-0.3, -0.25) is 4.79 Å². The van der Waals surface area contributed by atoms with E-state index in [4.69, 9.17) is 10.2 Å². The smallest absolute Gasteiger partial charge is 0.323 e. The van der Waals surface area contributed by atoms with Crippen molar-refractivity contribution in [3.63, 3.8) is 0 Å². The van der Waals surface area contributed by atoms with E-state index in [1.54, 1.807) is 18.0 Å². The highest BCUT2D eigenvalue weighted by Gasteiger charge is 2.13. The van der Waals surface area contributed by atoms with E-state index in [1.165, 1.54) is 7.11 Å². The van der Waals surface area contributed by atoms with E-state index >= 15 is 0 Å². The monoisotopic (exact) mass is 229 g/mol. The third kappa shape index (κ3) is 3.60. The highest BCUT2D eigenvalue weighted by molar-refractivity contribution is 7.98. The Morgan fingerprint density at radius 2 is 2.47 bits per heavy atom. The van der Waals surface area contributed by atoms with E-state index in [1.807, 2.05) is 13.0 Å². The van der Waals surface area contributed by atoms with Crippen LogP contribution in [0.15, 0.2) is 16.7 Å².